The Morgan fingerprint density at radius 3 is 2.65 bits per heavy atom. The number of amides is 1. The summed E-state index contributed by atoms with van der Waals surface area (Å²) in [5, 5.41) is 5.78. The maximum absolute atomic E-state index is 12.4. The third-order valence-electron chi connectivity index (χ3n) is 3.29. The lowest BCUT2D eigenvalue weighted by Gasteiger charge is -2.27. The van der Waals surface area contributed by atoms with E-state index in [0.717, 1.165) is 0 Å². The van der Waals surface area contributed by atoms with Crippen LogP contribution >= 0.6 is 15.9 Å². The second-order valence-electron chi connectivity index (χ2n) is 4.70. The fourth-order valence-corrected chi connectivity index (χ4v) is 2.35. The molecule has 6 nitrogen and oxygen atoms in total. The van der Waals surface area contributed by atoms with Crippen LogP contribution in [0.1, 0.15) is 27.2 Å². The first-order chi connectivity index (χ1) is 9.39. The predicted octanol–water partition coefficient (Wildman–Crippen LogP) is 3.36. The van der Waals surface area contributed by atoms with Gasteiger partial charge in [-0.25, -0.2) is 4.98 Å². The summed E-state index contributed by atoms with van der Waals surface area (Å²) in [4.78, 5) is 27.6. The zero-order chi connectivity index (χ0) is 15.3. The smallest absolute Gasteiger partial charge is 0.256 e. The van der Waals surface area contributed by atoms with E-state index in [9.17, 15) is 9.70 Å². The van der Waals surface area contributed by atoms with E-state index in [4.69, 9.17) is 4.74 Å². The van der Waals surface area contributed by atoms with Gasteiger partial charge in [-0.3, -0.25) is 4.79 Å². The second kappa shape index (κ2) is 6.78. The Bertz CT molecular complexity index is 508. The molecule has 1 rings (SSSR count). The molecule has 1 heterocycles. The zero-order valence-corrected chi connectivity index (χ0v) is 13.5. The molecule has 0 aliphatic rings. The molecule has 0 radical (unpaired) electrons. The molecule has 20 heavy (non-hydrogen) atoms. The van der Waals surface area contributed by atoms with Crippen molar-refractivity contribution in [1.82, 2.24) is 4.98 Å². The van der Waals surface area contributed by atoms with E-state index in [1.54, 1.807) is 32.9 Å². The highest BCUT2D eigenvalue weighted by Gasteiger charge is 2.42. The van der Waals surface area contributed by atoms with Crippen molar-refractivity contribution in [2.75, 3.05) is 12.4 Å². The first-order valence-corrected chi connectivity index (χ1v) is 7.06. The van der Waals surface area contributed by atoms with Crippen LogP contribution in [-0.2, 0) is 4.79 Å². The third-order valence-corrected chi connectivity index (χ3v) is 3.69. The van der Waals surface area contributed by atoms with Gasteiger partial charge in [0.05, 0.1) is 7.11 Å². The van der Waals surface area contributed by atoms with E-state index in [0.29, 0.717) is 22.6 Å². The predicted molar refractivity (Wildman–Crippen MR) is 80.8 cm³/mol. The quantitative estimate of drug-likeness (QED) is 0.634. The highest BCUT2D eigenvalue weighted by atomic mass is 79.9. The lowest BCUT2D eigenvalue weighted by Crippen LogP contribution is -2.45. The standard InChI is InChI=1S/C13H18BrN3O3/c1-5-13(17-19,8(2)3)12(18)15-9-6-10(14)16-11(7-9)20-4/h6-8H,5H2,1-4H3,(H,15,16,18). The molecule has 1 aromatic heterocycles. The van der Waals surface area contributed by atoms with Gasteiger partial charge in [0.15, 0.2) is 5.54 Å². The average Bonchev–Trinajstić information content (AvgIpc) is 2.39. The molecule has 0 fully saturated rings. The van der Waals surface area contributed by atoms with Crippen LogP contribution in [0.4, 0.5) is 5.69 Å². The fraction of sp³-hybridized carbons (Fsp3) is 0.538. The van der Waals surface area contributed by atoms with Gasteiger partial charge in [-0.05, 0) is 34.3 Å². The number of halogens is 1. The minimum absolute atomic E-state index is 0.197. The zero-order valence-electron chi connectivity index (χ0n) is 11.9. The van der Waals surface area contributed by atoms with E-state index in [1.165, 1.54) is 7.11 Å². The molecule has 0 saturated heterocycles. The lowest BCUT2D eigenvalue weighted by atomic mass is 9.84. The summed E-state index contributed by atoms with van der Waals surface area (Å²) in [7, 11) is 1.48. The Morgan fingerprint density at radius 1 is 1.55 bits per heavy atom. The van der Waals surface area contributed by atoms with Crippen molar-refractivity contribution >= 4 is 27.5 Å². The number of aromatic nitrogens is 1. The molecule has 7 heteroatoms. The van der Waals surface area contributed by atoms with E-state index in [-0.39, 0.29) is 5.92 Å². The van der Waals surface area contributed by atoms with E-state index in [2.05, 4.69) is 31.4 Å². The minimum Gasteiger partial charge on any atom is -0.481 e. The van der Waals surface area contributed by atoms with Gasteiger partial charge in [0.25, 0.3) is 5.91 Å². The number of carbonyl (C=O) groups is 1. The van der Waals surface area contributed by atoms with Crippen LogP contribution in [-0.4, -0.2) is 23.5 Å². The van der Waals surface area contributed by atoms with E-state index < -0.39 is 11.4 Å². The summed E-state index contributed by atoms with van der Waals surface area (Å²) in [6.45, 7) is 5.37. The van der Waals surface area contributed by atoms with Crippen molar-refractivity contribution in [1.29, 1.82) is 0 Å². The molecule has 0 aliphatic carbocycles. The van der Waals surface area contributed by atoms with E-state index >= 15 is 0 Å². The van der Waals surface area contributed by atoms with E-state index in [1.807, 2.05) is 0 Å². The lowest BCUT2D eigenvalue weighted by molar-refractivity contribution is -0.122. The van der Waals surface area contributed by atoms with Crippen molar-refractivity contribution in [3.8, 4) is 5.88 Å². The average molecular weight is 344 g/mol. The molecule has 1 unspecified atom stereocenters. The number of nitrogens with one attached hydrogen (secondary N) is 1. The monoisotopic (exact) mass is 343 g/mol. The molecular weight excluding hydrogens is 326 g/mol. The third kappa shape index (κ3) is 3.33. The molecule has 1 atom stereocenters. The van der Waals surface area contributed by atoms with Crippen LogP contribution in [0.15, 0.2) is 21.9 Å². The maximum atomic E-state index is 12.4. The van der Waals surface area contributed by atoms with Crippen molar-refractivity contribution in [2.24, 2.45) is 11.1 Å². The van der Waals surface area contributed by atoms with Gasteiger partial charge in [-0.2, -0.15) is 0 Å². The Labute approximate surface area is 126 Å². The van der Waals surface area contributed by atoms with Crippen LogP contribution in [0.3, 0.4) is 0 Å². The van der Waals surface area contributed by atoms with Crippen LogP contribution in [0.2, 0.25) is 0 Å². The number of rotatable bonds is 6. The molecule has 1 aromatic rings. The van der Waals surface area contributed by atoms with Crippen molar-refractivity contribution < 1.29 is 9.53 Å². The van der Waals surface area contributed by atoms with Crippen LogP contribution < -0.4 is 10.1 Å². The topological polar surface area (TPSA) is 80.7 Å². The highest BCUT2D eigenvalue weighted by Crippen LogP contribution is 2.29. The molecule has 0 aliphatic heterocycles. The highest BCUT2D eigenvalue weighted by molar-refractivity contribution is 9.10. The number of anilines is 1. The Hall–Kier alpha value is -1.50. The first kappa shape index (κ1) is 16.6. The van der Waals surface area contributed by atoms with Gasteiger partial charge in [-0.1, -0.05) is 25.9 Å². The van der Waals surface area contributed by atoms with Gasteiger partial charge in [0.2, 0.25) is 5.88 Å². The fourth-order valence-electron chi connectivity index (χ4n) is 1.93. The molecule has 1 amide bonds. The number of ether oxygens (including phenoxy) is 1. The molecule has 0 spiro atoms. The SMILES string of the molecule is CCC(N=O)(C(=O)Nc1cc(Br)nc(OC)c1)C(C)C. The molecule has 110 valence electrons. The molecule has 0 saturated carbocycles. The second-order valence-corrected chi connectivity index (χ2v) is 5.51. The van der Waals surface area contributed by atoms with Gasteiger partial charge in [-0.15, -0.1) is 4.91 Å². The number of nitroso groups, excluding NO2 is 1. The Kier molecular flexibility index (Phi) is 5.62. The number of nitrogens with zero attached hydrogens (tertiary/aromatic N) is 2. The van der Waals surface area contributed by atoms with Crippen molar-refractivity contribution in [3.63, 3.8) is 0 Å². The molecule has 1 N–H and O–H groups in total. The summed E-state index contributed by atoms with van der Waals surface area (Å²) in [5.74, 6) is -0.261. The first-order valence-electron chi connectivity index (χ1n) is 6.27. The van der Waals surface area contributed by atoms with Crippen molar-refractivity contribution in [2.45, 2.75) is 32.7 Å². The summed E-state index contributed by atoms with van der Waals surface area (Å²) >= 11 is 3.23. The van der Waals surface area contributed by atoms with Crippen LogP contribution in [0.5, 0.6) is 5.88 Å². The molecule has 0 bridgehead atoms. The number of hydrogen-bond donors (Lipinski definition) is 1. The minimum atomic E-state index is -1.27. The normalized spacial score (nSPS) is 13.7. The maximum Gasteiger partial charge on any atom is 0.256 e. The van der Waals surface area contributed by atoms with Crippen LogP contribution in [0, 0.1) is 10.8 Å². The van der Waals surface area contributed by atoms with Gasteiger partial charge in [0.1, 0.15) is 4.60 Å². The van der Waals surface area contributed by atoms with Crippen LogP contribution in [0.25, 0.3) is 0 Å². The number of hydrogen-bond acceptors (Lipinski definition) is 5. The van der Waals surface area contributed by atoms with Gasteiger partial charge >= 0.3 is 0 Å². The van der Waals surface area contributed by atoms with Gasteiger partial charge < -0.3 is 10.1 Å². The van der Waals surface area contributed by atoms with Gasteiger partial charge in [0, 0.05) is 11.8 Å². The Morgan fingerprint density at radius 2 is 2.20 bits per heavy atom. The summed E-state index contributed by atoms with van der Waals surface area (Å²) < 4.78 is 5.55. The summed E-state index contributed by atoms with van der Waals surface area (Å²) in [6.07, 6.45) is 0.337. The molecular formula is C13H18BrN3O3. The number of pyridine rings is 1. The molecule has 0 aromatic carbocycles. The summed E-state index contributed by atoms with van der Waals surface area (Å²) in [6, 6.07) is 3.21. The largest absolute Gasteiger partial charge is 0.481 e. The number of methoxy groups -OCH3 is 1. The Balaban J connectivity index is 3.05. The summed E-state index contributed by atoms with van der Waals surface area (Å²) in [5.41, 5.74) is -0.779. The van der Waals surface area contributed by atoms with Crippen molar-refractivity contribution in [3.05, 3.63) is 21.6 Å². The number of carbonyl (C=O) groups excluding carboxylic acids is 1.